The summed E-state index contributed by atoms with van der Waals surface area (Å²) < 4.78 is 5.72. The van der Waals surface area contributed by atoms with Crippen LogP contribution in [0.4, 0.5) is 0 Å². The summed E-state index contributed by atoms with van der Waals surface area (Å²) in [6.07, 6.45) is 2.46. The number of hydrogen-bond donors (Lipinski definition) is 1. The Bertz CT molecular complexity index is 828. The lowest BCUT2D eigenvalue weighted by Gasteiger charge is -2.13. The third-order valence-corrected chi connectivity index (χ3v) is 4.18. The summed E-state index contributed by atoms with van der Waals surface area (Å²) in [5.41, 5.74) is 1.99. The fraction of sp³-hybridized carbons (Fsp3) is 0.200. The first-order valence-corrected chi connectivity index (χ1v) is 8.54. The second-order valence-electron chi connectivity index (χ2n) is 5.83. The maximum Gasteiger partial charge on any atom is 0.220 e. The van der Waals surface area contributed by atoms with Gasteiger partial charge in [0.25, 0.3) is 0 Å². The van der Waals surface area contributed by atoms with Crippen molar-refractivity contribution in [3.63, 3.8) is 0 Å². The zero-order valence-electron chi connectivity index (χ0n) is 13.9. The molecule has 2 aromatic carbocycles. The minimum atomic E-state index is -0.0254. The van der Waals surface area contributed by atoms with Crippen molar-refractivity contribution in [1.29, 1.82) is 0 Å². The molecule has 0 bridgehead atoms. The predicted molar refractivity (Wildman–Crippen MR) is 98.3 cm³/mol. The number of nitrogens with one attached hydrogen (secondary N) is 1. The quantitative estimate of drug-likeness (QED) is 0.691. The molecule has 1 amide bonds. The lowest BCUT2D eigenvalue weighted by atomic mass is 10.1. The van der Waals surface area contributed by atoms with Crippen molar-refractivity contribution in [1.82, 2.24) is 10.3 Å². The molecule has 0 radical (unpaired) electrons. The van der Waals surface area contributed by atoms with Gasteiger partial charge >= 0.3 is 0 Å². The molecule has 0 saturated carbocycles. The van der Waals surface area contributed by atoms with E-state index in [0.717, 1.165) is 11.1 Å². The molecule has 4 nitrogen and oxygen atoms in total. The Morgan fingerprint density at radius 1 is 1.16 bits per heavy atom. The van der Waals surface area contributed by atoms with Crippen LogP contribution >= 0.6 is 11.6 Å². The smallest absolute Gasteiger partial charge is 0.220 e. The number of nitrogens with zero attached hydrogens (tertiary/aromatic N) is 1. The van der Waals surface area contributed by atoms with Gasteiger partial charge in [0.05, 0.1) is 12.2 Å². The molecule has 3 aromatic rings. The van der Waals surface area contributed by atoms with Gasteiger partial charge in [0.2, 0.25) is 5.91 Å². The Hall–Kier alpha value is -2.59. The van der Waals surface area contributed by atoms with E-state index in [1.54, 1.807) is 18.3 Å². The Balaban J connectivity index is 1.53. The lowest BCUT2D eigenvalue weighted by Crippen LogP contribution is -2.26. The number of amides is 1. The van der Waals surface area contributed by atoms with Crippen molar-refractivity contribution in [2.45, 2.75) is 25.8 Å². The van der Waals surface area contributed by atoms with E-state index in [1.165, 1.54) is 0 Å². The molecular formula is C20H19ClN2O2. The molecule has 0 aliphatic carbocycles. The van der Waals surface area contributed by atoms with E-state index in [-0.39, 0.29) is 11.9 Å². The van der Waals surface area contributed by atoms with E-state index in [0.29, 0.717) is 29.5 Å². The molecule has 0 fully saturated rings. The van der Waals surface area contributed by atoms with E-state index < -0.39 is 0 Å². The normalized spacial score (nSPS) is 11.9. The summed E-state index contributed by atoms with van der Waals surface area (Å²) in [4.78, 5) is 16.4. The Labute approximate surface area is 151 Å². The average Bonchev–Trinajstić information content (AvgIpc) is 3.10. The number of carbonyl (C=O) groups excluding carboxylic acids is 1. The Morgan fingerprint density at radius 2 is 1.88 bits per heavy atom. The molecule has 0 saturated heterocycles. The first-order valence-electron chi connectivity index (χ1n) is 8.17. The second kappa shape index (κ2) is 7.99. The van der Waals surface area contributed by atoms with Gasteiger partial charge in [-0.1, -0.05) is 41.9 Å². The van der Waals surface area contributed by atoms with Crippen molar-refractivity contribution in [3.8, 4) is 11.3 Å². The fourth-order valence-corrected chi connectivity index (χ4v) is 2.66. The van der Waals surface area contributed by atoms with E-state index in [2.05, 4.69) is 10.3 Å². The van der Waals surface area contributed by atoms with Gasteiger partial charge in [0.1, 0.15) is 0 Å². The molecule has 0 unspecified atom stereocenters. The summed E-state index contributed by atoms with van der Waals surface area (Å²) in [7, 11) is 0. The van der Waals surface area contributed by atoms with Gasteiger partial charge in [-0.25, -0.2) is 4.98 Å². The molecule has 5 heteroatoms. The van der Waals surface area contributed by atoms with Gasteiger partial charge in [0, 0.05) is 23.4 Å². The molecule has 3 rings (SSSR count). The zero-order valence-corrected chi connectivity index (χ0v) is 14.7. The van der Waals surface area contributed by atoms with Crippen molar-refractivity contribution in [3.05, 3.63) is 77.3 Å². The molecule has 25 heavy (non-hydrogen) atoms. The summed E-state index contributed by atoms with van der Waals surface area (Å²) in [5.74, 6) is 1.19. The SMILES string of the molecule is C[C@@H](NC(=O)CCc1ncc(-c2ccc(Cl)cc2)o1)c1ccccc1. The maximum atomic E-state index is 12.1. The number of carbonyl (C=O) groups is 1. The minimum absolute atomic E-state index is 0.0251. The number of halogens is 1. The van der Waals surface area contributed by atoms with Gasteiger partial charge in [-0.15, -0.1) is 0 Å². The zero-order chi connectivity index (χ0) is 17.6. The van der Waals surface area contributed by atoms with E-state index >= 15 is 0 Å². The van der Waals surface area contributed by atoms with Gasteiger partial charge in [0.15, 0.2) is 11.7 Å². The third-order valence-electron chi connectivity index (χ3n) is 3.93. The largest absolute Gasteiger partial charge is 0.441 e. The number of hydrogen-bond acceptors (Lipinski definition) is 3. The van der Waals surface area contributed by atoms with E-state index in [1.807, 2.05) is 49.4 Å². The first kappa shape index (κ1) is 17.2. The van der Waals surface area contributed by atoms with Crippen molar-refractivity contribution >= 4 is 17.5 Å². The molecule has 0 aliphatic rings. The van der Waals surface area contributed by atoms with Crippen LogP contribution in [0.5, 0.6) is 0 Å². The highest BCUT2D eigenvalue weighted by molar-refractivity contribution is 6.30. The molecule has 1 heterocycles. The highest BCUT2D eigenvalue weighted by atomic mass is 35.5. The van der Waals surface area contributed by atoms with Gasteiger partial charge in [-0.2, -0.15) is 0 Å². The van der Waals surface area contributed by atoms with Gasteiger partial charge in [-0.3, -0.25) is 4.79 Å². The van der Waals surface area contributed by atoms with E-state index in [4.69, 9.17) is 16.0 Å². The highest BCUT2D eigenvalue weighted by Gasteiger charge is 2.12. The van der Waals surface area contributed by atoms with Crippen molar-refractivity contribution in [2.24, 2.45) is 0 Å². The summed E-state index contributed by atoms with van der Waals surface area (Å²) in [5, 5.41) is 3.66. The summed E-state index contributed by atoms with van der Waals surface area (Å²) in [6, 6.07) is 17.2. The number of oxazole rings is 1. The van der Waals surface area contributed by atoms with Crippen molar-refractivity contribution in [2.75, 3.05) is 0 Å². The van der Waals surface area contributed by atoms with Gasteiger partial charge in [-0.05, 0) is 36.8 Å². The molecular weight excluding hydrogens is 336 g/mol. The van der Waals surface area contributed by atoms with Crippen LogP contribution in [0.15, 0.2) is 65.2 Å². The molecule has 1 aromatic heterocycles. The standard InChI is InChI=1S/C20H19ClN2O2/c1-14(15-5-3-2-4-6-15)23-19(24)11-12-20-22-13-18(25-20)16-7-9-17(21)10-8-16/h2-10,13-14H,11-12H2,1H3,(H,23,24)/t14-/m1/s1. The monoisotopic (exact) mass is 354 g/mol. The Morgan fingerprint density at radius 3 is 2.60 bits per heavy atom. The third kappa shape index (κ3) is 4.70. The number of rotatable bonds is 6. The van der Waals surface area contributed by atoms with Crippen LogP contribution in [-0.2, 0) is 11.2 Å². The van der Waals surface area contributed by atoms with Crippen molar-refractivity contribution < 1.29 is 9.21 Å². The molecule has 0 spiro atoms. The minimum Gasteiger partial charge on any atom is -0.441 e. The maximum absolute atomic E-state index is 12.1. The van der Waals surface area contributed by atoms with Crippen LogP contribution in [0.1, 0.15) is 30.8 Å². The average molecular weight is 355 g/mol. The summed E-state index contributed by atoms with van der Waals surface area (Å²) >= 11 is 5.88. The number of aromatic nitrogens is 1. The van der Waals surface area contributed by atoms with Crippen LogP contribution in [0, 0.1) is 0 Å². The lowest BCUT2D eigenvalue weighted by molar-refractivity contribution is -0.121. The Kier molecular flexibility index (Phi) is 5.51. The van der Waals surface area contributed by atoms with Crippen LogP contribution < -0.4 is 5.32 Å². The van der Waals surface area contributed by atoms with E-state index in [9.17, 15) is 4.79 Å². The first-order chi connectivity index (χ1) is 12.1. The topological polar surface area (TPSA) is 55.1 Å². The van der Waals surface area contributed by atoms with Gasteiger partial charge < -0.3 is 9.73 Å². The van der Waals surface area contributed by atoms with Crippen LogP contribution in [0.2, 0.25) is 5.02 Å². The molecule has 128 valence electrons. The predicted octanol–water partition coefficient (Wildman–Crippen LogP) is 4.81. The molecule has 1 N–H and O–H groups in total. The fourth-order valence-electron chi connectivity index (χ4n) is 2.53. The summed E-state index contributed by atoms with van der Waals surface area (Å²) in [6.45, 7) is 1.97. The molecule has 0 aliphatic heterocycles. The van der Waals surface area contributed by atoms with Crippen LogP contribution in [0.3, 0.4) is 0 Å². The van der Waals surface area contributed by atoms with Crippen LogP contribution in [-0.4, -0.2) is 10.9 Å². The number of aryl methyl sites for hydroxylation is 1. The highest BCUT2D eigenvalue weighted by Crippen LogP contribution is 2.22. The number of benzene rings is 2. The molecule has 1 atom stereocenters. The van der Waals surface area contributed by atoms with Crippen LogP contribution in [0.25, 0.3) is 11.3 Å². The second-order valence-corrected chi connectivity index (χ2v) is 6.26.